The fraction of sp³-hybridized carbons (Fsp3) is 0.500. The zero-order valence-electron chi connectivity index (χ0n) is 9.76. The van der Waals surface area contributed by atoms with Crippen molar-refractivity contribution in [3.05, 3.63) is 17.7 Å². The minimum absolute atomic E-state index is 0.705. The molecule has 3 nitrogen and oxygen atoms in total. The number of ether oxygens (including phenoxy) is 1. The third kappa shape index (κ3) is 2.78. The van der Waals surface area contributed by atoms with E-state index in [1.807, 2.05) is 12.1 Å². The average Bonchev–Trinajstić information content (AvgIpc) is 2.26. The molecule has 84 valence electrons. The van der Waals surface area contributed by atoms with Crippen LogP contribution in [0.2, 0.25) is 0 Å². The van der Waals surface area contributed by atoms with Crippen LogP contribution in [0, 0.1) is 0 Å². The smallest absolute Gasteiger partial charge is 0.143 e. The van der Waals surface area contributed by atoms with Gasteiger partial charge in [0.2, 0.25) is 0 Å². The Balaban J connectivity index is 2.99. The van der Waals surface area contributed by atoms with Crippen molar-refractivity contribution in [3.63, 3.8) is 0 Å². The van der Waals surface area contributed by atoms with Gasteiger partial charge in [-0.05, 0) is 24.5 Å². The van der Waals surface area contributed by atoms with Gasteiger partial charge >= 0.3 is 0 Å². The Morgan fingerprint density at radius 3 is 2.60 bits per heavy atom. The third-order valence-electron chi connectivity index (χ3n) is 2.40. The molecule has 0 saturated carbocycles. The van der Waals surface area contributed by atoms with E-state index in [2.05, 4.69) is 19.2 Å². The molecule has 0 fully saturated rings. The number of benzene rings is 1. The molecule has 0 atom stereocenters. The van der Waals surface area contributed by atoms with E-state index < -0.39 is 0 Å². The Labute approximate surface area is 91.6 Å². The molecule has 1 aromatic carbocycles. The summed E-state index contributed by atoms with van der Waals surface area (Å²) < 4.78 is 5.20. The zero-order valence-corrected chi connectivity index (χ0v) is 9.76. The quantitative estimate of drug-likeness (QED) is 0.731. The van der Waals surface area contributed by atoms with E-state index >= 15 is 0 Å². The van der Waals surface area contributed by atoms with Crippen molar-refractivity contribution in [2.24, 2.45) is 0 Å². The fourth-order valence-corrected chi connectivity index (χ4v) is 1.54. The van der Waals surface area contributed by atoms with Crippen molar-refractivity contribution >= 4 is 11.4 Å². The number of hydrogen-bond acceptors (Lipinski definition) is 3. The van der Waals surface area contributed by atoms with Gasteiger partial charge in [0.25, 0.3) is 0 Å². The Hall–Kier alpha value is -1.38. The van der Waals surface area contributed by atoms with Gasteiger partial charge in [0.05, 0.1) is 12.8 Å². The highest BCUT2D eigenvalue weighted by Crippen LogP contribution is 2.29. The first-order valence-electron chi connectivity index (χ1n) is 5.43. The van der Waals surface area contributed by atoms with Gasteiger partial charge in [0, 0.05) is 18.3 Å². The first-order chi connectivity index (χ1) is 7.22. The Morgan fingerprint density at radius 1 is 1.33 bits per heavy atom. The molecule has 1 rings (SSSR count). The van der Waals surface area contributed by atoms with Crippen molar-refractivity contribution in [2.75, 3.05) is 24.7 Å². The maximum atomic E-state index is 5.85. The topological polar surface area (TPSA) is 47.3 Å². The van der Waals surface area contributed by atoms with Crippen LogP contribution in [0.3, 0.4) is 0 Å². The van der Waals surface area contributed by atoms with Crippen molar-refractivity contribution in [2.45, 2.75) is 26.7 Å². The van der Waals surface area contributed by atoms with E-state index in [4.69, 9.17) is 10.5 Å². The van der Waals surface area contributed by atoms with Crippen molar-refractivity contribution < 1.29 is 4.74 Å². The Bertz CT molecular complexity index is 324. The summed E-state index contributed by atoms with van der Waals surface area (Å²) in [6.07, 6.45) is 2.08. The summed E-state index contributed by atoms with van der Waals surface area (Å²) in [7, 11) is 1.64. The number of nitrogen functional groups attached to an aromatic ring is 1. The molecule has 1 aromatic rings. The van der Waals surface area contributed by atoms with Gasteiger partial charge in [-0.3, -0.25) is 0 Å². The van der Waals surface area contributed by atoms with Crippen LogP contribution in [0.25, 0.3) is 0 Å². The summed E-state index contributed by atoms with van der Waals surface area (Å²) in [6, 6.07) is 3.96. The normalized spacial score (nSPS) is 10.1. The number of rotatable bonds is 5. The monoisotopic (exact) mass is 208 g/mol. The predicted molar refractivity (Wildman–Crippen MR) is 65.6 cm³/mol. The van der Waals surface area contributed by atoms with Crippen LogP contribution in [0.4, 0.5) is 11.4 Å². The number of methoxy groups -OCH3 is 1. The van der Waals surface area contributed by atoms with Crippen molar-refractivity contribution in [1.82, 2.24) is 0 Å². The SMILES string of the molecule is CCCNc1cc(OC)c(N)cc1CC. The standard InChI is InChI=1S/C12H20N2O/c1-4-6-14-11-8-12(15-3)10(13)7-9(11)5-2/h7-8,14H,4-6,13H2,1-3H3. The van der Waals surface area contributed by atoms with Crippen LogP contribution in [-0.4, -0.2) is 13.7 Å². The molecule has 3 heteroatoms. The third-order valence-corrected chi connectivity index (χ3v) is 2.40. The Kier molecular flexibility index (Phi) is 4.28. The average molecular weight is 208 g/mol. The molecule has 0 aliphatic rings. The molecule has 3 N–H and O–H groups in total. The zero-order chi connectivity index (χ0) is 11.3. The second kappa shape index (κ2) is 5.49. The highest BCUT2D eigenvalue weighted by Gasteiger charge is 2.06. The second-order valence-corrected chi connectivity index (χ2v) is 3.53. The van der Waals surface area contributed by atoms with E-state index in [1.54, 1.807) is 7.11 Å². The van der Waals surface area contributed by atoms with E-state index in [1.165, 1.54) is 5.56 Å². The largest absolute Gasteiger partial charge is 0.495 e. The van der Waals surface area contributed by atoms with Gasteiger partial charge in [-0.25, -0.2) is 0 Å². The van der Waals surface area contributed by atoms with E-state index in [9.17, 15) is 0 Å². The van der Waals surface area contributed by atoms with Crippen LogP contribution in [0.1, 0.15) is 25.8 Å². The summed E-state index contributed by atoms with van der Waals surface area (Å²) in [5.74, 6) is 0.741. The van der Waals surface area contributed by atoms with E-state index in [-0.39, 0.29) is 0 Å². The maximum Gasteiger partial charge on any atom is 0.143 e. The molecule has 0 bridgehead atoms. The molecule has 0 radical (unpaired) electrons. The van der Waals surface area contributed by atoms with Gasteiger partial charge in [-0.2, -0.15) is 0 Å². The highest BCUT2D eigenvalue weighted by molar-refractivity contribution is 5.66. The van der Waals surface area contributed by atoms with Gasteiger partial charge < -0.3 is 15.8 Å². The summed E-state index contributed by atoms with van der Waals surface area (Å²) in [5.41, 5.74) is 8.92. The summed E-state index contributed by atoms with van der Waals surface area (Å²) in [5, 5.41) is 3.38. The molecule has 0 spiro atoms. The molecule has 15 heavy (non-hydrogen) atoms. The molecular weight excluding hydrogens is 188 g/mol. The number of nitrogens with one attached hydrogen (secondary N) is 1. The second-order valence-electron chi connectivity index (χ2n) is 3.53. The lowest BCUT2D eigenvalue weighted by Gasteiger charge is -2.14. The minimum Gasteiger partial charge on any atom is -0.495 e. The van der Waals surface area contributed by atoms with Gasteiger partial charge in [-0.1, -0.05) is 13.8 Å². The lowest BCUT2D eigenvalue weighted by molar-refractivity contribution is 0.417. The molecule has 0 amide bonds. The van der Waals surface area contributed by atoms with E-state index in [0.29, 0.717) is 5.69 Å². The van der Waals surface area contributed by atoms with Crippen molar-refractivity contribution in [1.29, 1.82) is 0 Å². The molecule has 0 aliphatic carbocycles. The van der Waals surface area contributed by atoms with Crippen LogP contribution in [0.5, 0.6) is 5.75 Å². The highest BCUT2D eigenvalue weighted by atomic mass is 16.5. The van der Waals surface area contributed by atoms with Crippen LogP contribution < -0.4 is 15.8 Å². The summed E-state index contributed by atoms with van der Waals surface area (Å²) >= 11 is 0. The Morgan fingerprint density at radius 2 is 2.07 bits per heavy atom. The molecule has 0 aliphatic heterocycles. The summed E-state index contributed by atoms with van der Waals surface area (Å²) in [6.45, 7) is 5.24. The number of anilines is 2. The molecule has 0 unspecified atom stereocenters. The maximum absolute atomic E-state index is 5.85. The molecule has 0 saturated heterocycles. The predicted octanol–water partition coefficient (Wildman–Crippen LogP) is 2.66. The number of aryl methyl sites for hydroxylation is 1. The molecular formula is C12H20N2O. The fourth-order valence-electron chi connectivity index (χ4n) is 1.54. The number of nitrogens with two attached hydrogens (primary N) is 1. The lowest BCUT2D eigenvalue weighted by atomic mass is 10.1. The van der Waals surface area contributed by atoms with Gasteiger partial charge in [0.15, 0.2) is 0 Å². The molecule has 0 heterocycles. The number of hydrogen-bond donors (Lipinski definition) is 2. The first-order valence-corrected chi connectivity index (χ1v) is 5.43. The lowest BCUT2D eigenvalue weighted by Crippen LogP contribution is -2.04. The van der Waals surface area contributed by atoms with Gasteiger partial charge in [0.1, 0.15) is 5.75 Å². The van der Waals surface area contributed by atoms with Crippen molar-refractivity contribution in [3.8, 4) is 5.75 Å². The minimum atomic E-state index is 0.705. The van der Waals surface area contributed by atoms with Crippen LogP contribution in [0.15, 0.2) is 12.1 Å². The van der Waals surface area contributed by atoms with Crippen LogP contribution in [-0.2, 0) is 6.42 Å². The van der Waals surface area contributed by atoms with Crippen LogP contribution >= 0.6 is 0 Å². The molecule has 0 aromatic heterocycles. The summed E-state index contributed by atoms with van der Waals surface area (Å²) in [4.78, 5) is 0. The van der Waals surface area contributed by atoms with E-state index in [0.717, 1.165) is 30.8 Å². The first kappa shape index (κ1) is 11.7. The van der Waals surface area contributed by atoms with Gasteiger partial charge in [-0.15, -0.1) is 0 Å².